The van der Waals surface area contributed by atoms with E-state index in [1.54, 1.807) is 0 Å². The molecule has 0 aliphatic carbocycles. The van der Waals surface area contributed by atoms with Gasteiger partial charge in [0.05, 0.1) is 6.61 Å². The second-order valence-corrected chi connectivity index (χ2v) is 8.04. The summed E-state index contributed by atoms with van der Waals surface area (Å²) in [7, 11) is 0. The number of aliphatic hydroxyl groups excluding tert-OH is 1. The summed E-state index contributed by atoms with van der Waals surface area (Å²) in [5, 5.41) is 13.5. The molecule has 0 spiro atoms. The predicted molar refractivity (Wildman–Crippen MR) is 87.8 cm³/mol. The van der Waals surface area contributed by atoms with Crippen LogP contribution in [0.2, 0.25) is 0 Å². The van der Waals surface area contributed by atoms with Crippen LogP contribution >= 0.6 is 27.7 Å². The summed E-state index contributed by atoms with van der Waals surface area (Å²) in [4.78, 5) is 1.26. The van der Waals surface area contributed by atoms with E-state index in [0.29, 0.717) is 11.3 Å². The smallest absolute Gasteiger partial charge is 0.0611 e. The van der Waals surface area contributed by atoms with E-state index in [9.17, 15) is 5.11 Å². The first kappa shape index (κ1) is 17.0. The Bertz CT molecular complexity index is 399. The SMILES string of the molecule is CC(C)NC(C)(CO)CC(C)Sc1cccc(Br)c1. The lowest BCUT2D eigenvalue weighted by Gasteiger charge is -2.33. The Labute approximate surface area is 129 Å². The van der Waals surface area contributed by atoms with Gasteiger partial charge in [-0.3, -0.25) is 0 Å². The van der Waals surface area contributed by atoms with Crippen LogP contribution in [0.3, 0.4) is 0 Å². The maximum Gasteiger partial charge on any atom is 0.0611 e. The van der Waals surface area contributed by atoms with Crippen LogP contribution in [-0.2, 0) is 0 Å². The van der Waals surface area contributed by atoms with Gasteiger partial charge in [0.25, 0.3) is 0 Å². The van der Waals surface area contributed by atoms with E-state index < -0.39 is 0 Å². The number of nitrogens with one attached hydrogen (secondary N) is 1. The summed E-state index contributed by atoms with van der Waals surface area (Å²) in [5.41, 5.74) is -0.216. The molecule has 1 aromatic rings. The fourth-order valence-electron chi connectivity index (χ4n) is 2.31. The average molecular weight is 346 g/mol. The molecular formula is C15H24BrNOS. The van der Waals surface area contributed by atoms with Crippen LogP contribution in [0, 0.1) is 0 Å². The van der Waals surface area contributed by atoms with Crippen LogP contribution in [-0.4, -0.2) is 28.5 Å². The van der Waals surface area contributed by atoms with Gasteiger partial charge in [-0.2, -0.15) is 0 Å². The zero-order valence-electron chi connectivity index (χ0n) is 12.1. The van der Waals surface area contributed by atoms with Crippen LogP contribution in [0.15, 0.2) is 33.6 Å². The van der Waals surface area contributed by atoms with Crippen molar-refractivity contribution in [1.29, 1.82) is 0 Å². The first-order valence-electron chi connectivity index (χ1n) is 6.65. The second-order valence-electron chi connectivity index (χ2n) is 5.61. The number of rotatable bonds is 7. The van der Waals surface area contributed by atoms with E-state index in [4.69, 9.17) is 0 Å². The highest BCUT2D eigenvalue weighted by Crippen LogP contribution is 2.30. The quantitative estimate of drug-likeness (QED) is 0.730. The Balaban J connectivity index is 2.60. The molecule has 0 bridgehead atoms. The number of hydrogen-bond acceptors (Lipinski definition) is 3. The van der Waals surface area contributed by atoms with Crippen molar-refractivity contribution in [3.63, 3.8) is 0 Å². The third-order valence-corrected chi connectivity index (χ3v) is 4.45. The van der Waals surface area contributed by atoms with E-state index in [0.717, 1.165) is 10.9 Å². The summed E-state index contributed by atoms with van der Waals surface area (Å²) in [6, 6.07) is 8.72. The predicted octanol–water partition coefficient (Wildman–Crippen LogP) is 4.07. The van der Waals surface area contributed by atoms with Gasteiger partial charge in [0.15, 0.2) is 0 Å². The fraction of sp³-hybridized carbons (Fsp3) is 0.600. The minimum absolute atomic E-state index is 0.161. The van der Waals surface area contributed by atoms with Crippen molar-refractivity contribution in [3.8, 4) is 0 Å². The number of aliphatic hydroxyl groups is 1. The van der Waals surface area contributed by atoms with Gasteiger partial charge in [0, 0.05) is 26.2 Å². The normalized spacial score (nSPS) is 16.4. The zero-order chi connectivity index (χ0) is 14.5. The molecule has 4 heteroatoms. The molecular weight excluding hydrogens is 322 g/mol. The van der Waals surface area contributed by atoms with Crippen LogP contribution < -0.4 is 5.32 Å². The van der Waals surface area contributed by atoms with Crippen LogP contribution in [0.4, 0.5) is 0 Å². The number of hydrogen-bond donors (Lipinski definition) is 2. The summed E-state index contributed by atoms with van der Waals surface area (Å²) >= 11 is 5.34. The van der Waals surface area contributed by atoms with Crippen molar-refractivity contribution in [2.75, 3.05) is 6.61 Å². The van der Waals surface area contributed by atoms with E-state index >= 15 is 0 Å². The second kappa shape index (κ2) is 7.67. The van der Waals surface area contributed by atoms with Crippen molar-refractivity contribution in [2.24, 2.45) is 0 Å². The number of thioether (sulfide) groups is 1. The minimum Gasteiger partial charge on any atom is -0.394 e. The number of halogens is 1. The van der Waals surface area contributed by atoms with Gasteiger partial charge in [0.1, 0.15) is 0 Å². The highest BCUT2D eigenvalue weighted by Gasteiger charge is 2.26. The third kappa shape index (κ3) is 6.30. The molecule has 2 unspecified atom stereocenters. The molecule has 0 fully saturated rings. The van der Waals surface area contributed by atoms with Crippen molar-refractivity contribution >= 4 is 27.7 Å². The lowest BCUT2D eigenvalue weighted by molar-refractivity contribution is 0.157. The standard InChI is InChI=1S/C15H24BrNOS/c1-11(2)17-15(4,10-18)9-12(3)19-14-7-5-6-13(16)8-14/h5-8,11-12,17-18H,9-10H2,1-4H3. The molecule has 0 saturated heterocycles. The maximum atomic E-state index is 9.61. The van der Waals surface area contributed by atoms with Gasteiger partial charge >= 0.3 is 0 Å². The molecule has 1 aromatic carbocycles. The highest BCUT2D eigenvalue weighted by atomic mass is 79.9. The molecule has 0 heterocycles. The Morgan fingerprint density at radius 3 is 2.58 bits per heavy atom. The molecule has 2 N–H and O–H groups in total. The lowest BCUT2D eigenvalue weighted by Crippen LogP contribution is -2.50. The molecule has 0 aromatic heterocycles. The molecule has 2 atom stereocenters. The monoisotopic (exact) mass is 345 g/mol. The van der Waals surface area contributed by atoms with Crippen molar-refractivity contribution in [1.82, 2.24) is 5.32 Å². The van der Waals surface area contributed by atoms with Crippen molar-refractivity contribution < 1.29 is 5.11 Å². The molecule has 0 aliphatic rings. The fourth-order valence-corrected chi connectivity index (χ4v) is 4.13. The summed E-state index contributed by atoms with van der Waals surface area (Å²) in [6.45, 7) is 8.68. The van der Waals surface area contributed by atoms with Crippen molar-refractivity contribution in [3.05, 3.63) is 28.7 Å². The molecule has 0 radical (unpaired) electrons. The number of benzene rings is 1. The summed E-state index contributed by atoms with van der Waals surface area (Å²) in [6.07, 6.45) is 0.929. The zero-order valence-corrected chi connectivity index (χ0v) is 14.5. The van der Waals surface area contributed by atoms with Crippen molar-refractivity contribution in [2.45, 2.75) is 55.8 Å². The molecule has 0 saturated carbocycles. The van der Waals surface area contributed by atoms with Crippen LogP contribution in [0.1, 0.15) is 34.1 Å². The molecule has 0 amide bonds. The highest BCUT2D eigenvalue weighted by molar-refractivity contribution is 9.10. The van der Waals surface area contributed by atoms with E-state index in [1.165, 1.54) is 4.90 Å². The average Bonchev–Trinajstić information content (AvgIpc) is 2.27. The Kier molecular flexibility index (Phi) is 6.87. The molecule has 108 valence electrons. The summed E-state index contributed by atoms with van der Waals surface area (Å²) in [5.74, 6) is 0. The van der Waals surface area contributed by atoms with Gasteiger partial charge in [-0.15, -0.1) is 11.8 Å². The Hall–Kier alpha value is -0.0300. The summed E-state index contributed by atoms with van der Waals surface area (Å²) < 4.78 is 1.11. The Morgan fingerprint density at radius 2 is 2.05 bits per heavy atom. The first-order valence-corrected chi connectivity index (χ1v) is 8.33. The third-order valence-electron chi connectivity index (χ3n) is 2.86. The first-order chi connectivity index (χ1) is 8.84. The topological polar surface area (TPSA) is 32.3 Å². The van der Waals surface area contributed by atoms with Crippen LogP contribution in [0.25, 0.3) is 0 Å². The Morgan fingerprint density at radius 1 is 1.37 bits per heavy atom. The van der Waals surface area contributed by atoms with Gasteiger partial charge < -0.3 is 10.4 Å². The lowest BCUT2D eigenvalue weighted by atomic mass is 9.96. The minimum atomic E-state index is -0.216. The molecule has 19 heavy (non-hydrogen) atoms. The molecule has 0 aliphatic heterocycles. The van der Waals surface area contributed by atoms with E-state index in [2.05, 4.69) is 67.1 Å². The molecule has 2 nitrogen and oxygen atoms in total. The largest absolute Gasteiger partial charge is 0.394 e. The van der Waals surface area contributed by atoms with Gasteiger partial charge in [-0.25, -0.2) is 0 Å². The van der Waals surface area contributed by atoms with Gasteiger partial charge in [0.2, 0.25) is 0 Å². The maximum absolute atomic E-state index is 9.61. The van der Waals surface area contributed by atoms with Crippen LogP contribution in [0.5, 0.6) is 0 Å². The molecule has 1 rings (SSSR count). The van der Waals surface area contributed by atoms with E-state index in [1.807, 2.05) is 17.8 Å². The van der Waals surface area contributed by atoms with Gasteiger partial charge in [-0.1, -0.05) is 42.8 Å². The van der Waals surface area contributed by atoms with E-state index in [-0.39, 0.29) is 12.1 Å². The van der Waals surface area contributed by atoms with Gasteiger partial charge in [-0.05, 0) is 31.5 Å².